The smallest absolute Gasteiger partial charge is 0.338 e. The second-order valence-electron chi connectivity index (χ2n) is 9.87. The van der Waals surface area contributed by atoms with Gasteiger partial charge in [-0.15, -0.1) is 0 Å². The fourth-order valence-electron chi connectivity index (χ4n) is 5.11. The average molecular weight is 660 g/mol. The Morgan fingerprint density at radius 2 is 1.71 bits per heavy atom. The van der Waals surface area contributed by atoms with Gasteiger partial charge in [0.2, 0.25) is 0 Å². The summed E-state index contributed by atoms with van der Waals surface area (Å²) in [5.41, 5.74) is 2.38. The first-order chi connectivity index (χ1) is 21.8. The first-order valence-corrected chi connectivity index (χ1v) is 15.4. The fraction of sp³-hybridized carbons (Fsp3) is 0.118. The second-order valence-corrected chi connectivity index (χ2v) is 11.7. The Balaban J connectivity index is 1.54. The third-order valence-corrected chi connectivity index (χ3v) is 8.58. The SMILES string of the molecule is CCOC(=O)C1=C(c2ccccc2)N=c2s/c(=C/c3ccc(-c4cc(Cl)ccc4C(=O)OC)o3)c(=O)n2[C@H]1c1ccc(Cl)cc1. The number of halogens is 2. The van der Waals surface area contributed by atoms with Gasteiger partial charge in [0.1, 0.15) is 11.5 Å². The minimum atomic E-state index is -0.837. The number of carbonyl (C=O) groups is 2. The monoisotopic (exact) mass is 658 g/mol. The third-order valence-electron chi connectivity index (χ3n) is 7.11. The van der Waals surface area contributed by atoms with Crippen molar-refractivity contribution in [1.82, 2.24) is 4.57 Å². The van der Waals surface area contributed by atoms with Crippen LogP contribution in [0.2, 0.25) is 10.0 Å². The predicted molar refractivity (Wildman–Crippen MR) is 173 cm³/mol. The largest absolute Gasteiger partial charge is 0.465 e. The molecule has 5 aromatic rings. The number of aromatic nitrogens is 1. The summed E-state index contributed by atoms with van der Waals surface area (Å²) in [6.45, 7) is 1.87. The lowest BCUT2D eigenvalue weighted by atomic mass is 9.93. The van der Waals surface area contributed by atoms with Crippen molar-refractivity contribution in [2.45, 2.75) is 13.0 Å². The Labute approximate surface area is 271 Å². The first-order valence-electron chi connectivity index (χ1n) is 13.8. The van der Waals surface area contributed by atoms with Gasteiger partial charge in [-0.3, -0.25) is 9.36 Å². The molecule has 6 rings (SSSR count). The maximum Gasteiger partial charge on any atom is 0.338 e. The van der Waals surface area contributed by atoms with E-state index < -0.39 is 18.0 Å². The van der Waals surface area contributed by atoms with Crippen molar-refractivity contribution >= 4 is 58.3 Å². The maximum atomic E-state index is 14.1. The number of rotatable bonds is 7. The number of furan rings is 1. The van der Waals surface area contributed by atoms with Crippen molar-refractivity contribution < 1.29 is 23.5 Å². The van der Waals surface area contributed by atoms with E-state index in [4.69, 9.17) is 42.1 Å². The van der Waals surface area contributed by atoms with Crippen LogP contribution in [0.4, 0.5) is 0 Å². The molecule has 2 aromatic heterocycles. The number of nitrogens with zero attached hydrogens (tertiary/aromatic N) is 2. The average Bonchev–Trinajstić information content (AvgIpc) is 3.64. The van der Waals surface area contributed by atoms with Crippen LogP contribution < -0.4 is 14.9 Å². The highest BCUT2D eigenvalue weighted by atomic mass is 35.5. The van der Waals surface area contributed by atoms with E-state index in [1.807, 2.05) is 30.3 Å². The van der Waals surface area contributed by atoms with Crippen LogP contribution in [0.25, 0.3) is 23.1 Å². The Morgan fingerprint density at radius 3 is 2.42 bits per heavy atom. The van der Waals surface area contributed by atoms with Crippen LogP contribution in [0.1, 0.15) is 40.2 Å². The fourth-order valence-corrected chi connectivity index (χ4v) is 6.39. The molecule has 0 spiro atoms. The minimum absolute atomic E-state index is 0.146. The molecule has 0 radical (unpaired) electrons. The molecule has 0 fully saturated rings. The zero-order valence-electron chi connectivity index (χ0n) is 24.0. The second kappa shape index (κ2) is 12.7. The molecule has 0 bridgehead atoms. The van der Waals surface area contributed by atoms with Crippen LogP contribution in [-0.2, 0) is 14.3 Å². The summed E-state index contributed by atoms with van der Waals surface area (Å²) in [6.07, 6.45) is 1.60. The predicted octanol–water partition coefficient (Wildman–Crippen LogP) is 6.29. The van der Waals surface area contributed by atoms with E-state index in [1.54, 1.807) is 67.6 Å². The molecule has 0 unspecified atom stereocenters. The highest BCUT2D eigenvalue weighted by molar-refractivity contribution is 7.07. The lowest BCUT2D eigenvalue weighted by molar-refractivity contribution is -0.138. The molecule has 0 N–H and O–H groups in total. The van der Waals surface area contributed by atoms with E-state index in [1.165, 1.54) is 11.7 Å². The van der Waals surface area contributed by atoms with Crippen molar-refractivity contribution in [3.8, 4) is 11.3 Å². The lowest BCUT2D eigenvalue weighted by Crippen LogP contribution is -2.39. The van der Waals surface area contributed by atoms with Crippen molar-refractivity contribution in [2.24, 2.45) is 4.99 Å². The third kappa shape index (κ3) is 5.90. The van der Waals surface area contributed by atoms with Gasteiger partial charge in [-0.1, -0.05) is 77.0 Å². The van der Waals surface area contributed by atoms with E-state index in [9.17, 15) is 14.4 Å². The summed E-state index contributed by atoms with van der Waals surface area (Å²) in [5.74, 6) is -0.386. The molecule has 0 saturated carbocycles. The van der Waals surface area contributed by atoms with Crippen molar-refractivity contribution in [3.63, 3.8) is 0 Å². The van der Waals surface area contributed by atoms with Crippen molar-refractivity contribution in [1.29, 1.82) is 0 Å². The van der Waals surface area contributed by atoms with Gasteiger partial charge in [-0.2, -0.15) is 0 Å². The number of hydrogen-bond acceptors (Lipinski definition) is 8. The summed E-state index contributed by atoms with van der Waals surface area (Å²) < 4.78 is 18.3. The van der Waals surface area contributed by atoms with Crippen LogP contribution in [0.5, 0.6) is 0 Å². The normalized spacial score (nSPS) is 14.6. The number of benzene rings is 3. The van der Waals surface area contributed by atoms with Crippen LogP contribution in [0, 0.1) is 0 Å². The van der Waals surface area contributed by atoms with E-state index >= 15 is 0 Å². The zero-order valence-corrected chi connectivity index (χ0v) is 26.3. The van der Waals surface area contributed by atoms with Gasteiger partial charge >= 0.3 is 11.9 Å². The van der Waals surface area contributed by atoms with Crippen LogP contribution >= 0.6 is 34.5 Å². The van der Waals surface area contributed by atoms with E-state index in [-0.39, 0.29) is 23.3 Å². The van der Waals surface area contributed by atoms with Gasteiger partial charge in [-0.05, 0) is 55.0 Å². The Hall–Kier alpha value is -4.70. The van der Waals surface area contributed by atoms with Crippen molar-refractivity contribution in [3.05, 3.63) is 143 Å². The molecular formula is C34H24Cl2N2O6S. The molecule has 1 aliphatic rings. The number of fused-ring (bicyclic) bond motifs is 1. The Bertz CT molecular complexity index is 2150. The van der Waals surface area contributed by atoms with E-state index in [0.717, 1.165) is 11.3 Å². The van der Waals surface area contributed by atoms with E-state index in [2.05, 4.69) is 0 Å². The van der Waals surface area contributed by atoms with Crippen LogP contribution in [0.3, 0.4) is 0 Å². The maximum absolute atomic E-state index is 14.1. The zero-order chi connectivity index (χ0) is 31.7. The molecule has 0 saturated heterocycles. The summed E-state index contributed by atoms with van der Waals surface area (Å²) >= 11 is 13.6. The van der Waals surface area contributed by atoms with Crippen molar-refractivity contribution in [2.75, 3.05) is 13.7 Å². The van der Waals surface area contributed by atoms with Crippen LogP contribution in [-0.4, -0.2) is 30.2 Å². The van der Waals surface area contributed by atoms with Gasteiger partial charge in [0.25, 0.3) is 5.56 Å². The molecular weight excluding hydrogens is 635 g/mol. The molecule has 11 heteroatoms. The molecule has 0 aliphatic carbocycles. The number of thiazole rings is 1. The number of esters is 2. The molecule has 8 nitrogen and oxygen atoms in total. The highest BCUT2D eigenvalue weighted by Gasteiger charge is 2.35. The Kier molecular flexibility index (Phi) is 8.58. The van der Waals surface area contributed by atoms with Gasteiger partial charge in [0.15, 0.2) is 4.80 Å². The van der Waals surface area contributed by atoms with Gasteiger partial charge < -0.3 is 13.9 Å². The number of carbonyl (C=O) groups excluding carboxylic acids is 2. The minimum Gasteiger partial charge on any atom is -0.465 e. The summed E-state index contributed by atoms with van der Waals surface area (Å²) in [5, 5.41) is 0.928. The molecule has 1 atom stereocenters. The number of methoxy groups -OCH3 is 1. The summed E-state index contributed by atoms with van der Waals surface area (Å²) in [4.78, 5) is 45.3. The number of hydrogen-bond donors (Lipinski definition) is 0. The lowest BCUT2D eigenvalue weighted by Gasteiger charge is -2.25. The first kappa shape index (κ1) is 30.3. The standard InChI is InChI=1S/C34H24Cl2N2O6S/c1-3-43-33(41)28-29(19-7-5-4-6-8-19)37-34-38(30(28)20-9-11-21(35)12-10-20)31(39)27(45-34)18-23-14-16-26(44-23)25-17-22(36)13-15-24(25)32(40)42-2/h4-18,30H,3H2,1-2H3/b27-18+/t30-/m0/s1. The Morgan fingerprint density at radius 1 is 0.978 bits per heavy atom. The molecule has 45 heavy (non-hydrogen) atoms. The van der Waals surface area contributed by atoms with Gasteiger partial charge in [0.05, 0.1) is 41.1 Å². The van der Waals surface area contributed by atoms with E-state index in [0.29, 0.717) is 53.3 Å². The molecule has 226 valence electrons. The van der Waals surface area contributed by atoms with Gasteiger partial charge in [-0.25, -0.2) is 14.6 Å². The quantitative estimate of drug-likeness (QED) is 0.191. The molecule has 3 heterocycles. The molecule has 1 aliphatic heterocycles. The molecule has 0 amide bonds. The summed E-state index contributed by atoms with van der Waals surface area (Å²) in [6, 6.07) is 23.6. The van der Waals surface area contributed by atoms with Crippen LogP contribution in [0.15, 0.2) is 105 Å². The number of ether oxygens (including phenoxy) is 2. The summed E-state index contributed by atoms with van der Waals surface area (Å²) in [7, 11) is 1.29. The topological polar surface area (TPSA) is 100 Å². The highest BCUT2D eigenvalue weighted by Crippen LogP contribution is 2.35. The van der Waals surface area contributed by atoms with Gasteiger partial charge in [0, 0.05) is 27.2 Å². The molecule has 3 aromatic carbocycles.